The molecular formula is C22H19F3N2O4S. The summed E-state index contributed by atoms with van der Waals surface area (Å²) in [5.74, 6) is -2.83. The maximum absolute atomic E-state index is 13.2. The van der Waals surface area contributed by atoms with Gasteiger partial charge in [0, 0.05) is 11.8 Å². The van der Waals surface area contributed by atoms with Crippen molar-refractivity contribution in [2.24, 2.45) is 0 Å². The third-order valence-electron chi connectivity index (χ3n) is 4.34. The van der Waals surface area contributed by atoms with Crippen LogP contribution in [0.15, 0.2) is 66.7 Å². The van der Waals surface area contributed by atoms with E-state index in [1.807, 2.05) is 0 Å². The smallest absolute Gasteiger partial charge is 0.262 e. The number of carbonyl (C=O) groups excluding carboxylic acids is 1. The van der Waals surface area contributed by atoms with Crippen LogP contribution in [-0.4, -0.2) is 27.2 Å². The van der Waals surface area contributed by atoms with Crippen LogP contribution in [0.3, 0.4) is 0 Å². The molecule has 0 saturated heterocycles. The lowest BCUT2D eigenvalue weighted by molar-refractivity contribution is -0.118. The lowest BCUT2D eigenvalue weighted by atomic mass is 10.2. The van der Waals surface area contributed by atoms with E-state index in [9.17, 15) is 26.4 Å². The quantitative estimate of drug-likeness (QED) is 0.545. The zero-order valence-electron chi connectivity index (χ0n) is 16.9. The second-order valence-electron chi connectivity index (χ2n) is 6.86. The molecule has 0 fully saturated rings. The number of ether oxygens (including phenoxy) is 1. The van der Waals surface area contributed by atoms with Crippen LogP contribution < -0.4 is 14.4 Å². The van der Waals surface area contributed by atoms with E-state index in [0.717, 1.165) is 22.7 Å². The highest BCUT2D eigenvalue weighted by Crippen LogP contribution is 2.24. The zero-order valence-corrected chi connectivity index (χ0v) is 17.7. The Morgan fingerprint density at radius 2 is 1.59 bits per heavy atom. The molecule has 3 rings (SSSR count). The number of rotatable bonds is 8. The van der Waals surface area contributed by atoms with E-state index in [0.29, 0.717) is 17.0 Å². The third-order valence-corrected chi connectivity index (χ3v) is 5.48. The predicted octanol–water partition coefficient (Wildman–Crippen LogP) is 4.09. The normalized spacial score (nSPS) is 11.1. The molecule has 0 heterocycles. The van der Waals surface area contributed by atoms with Gasteiger partial charge in [-0.3, -0.25) is 9.10 Å². The molecule has 0 spiro atoms. The Balaban J connectivity index is 1.63. The molecule has 3 aromatic rings. The molecule has 0 aromatic heterocycles. The predicted molar refractivity (Wildman–Crippen MR) is 114 cm³/mol. The van der Waals surface area contributed by atoms with E-state index in [-0.39, 0.29) is 12.2 Å². The number of amides is 1. The van der Waals surface area contributed by atoms with E-state index >= 15 is 0 Å². The van der Waals surface area contributed by atoms with Gasteiger partial charge < -0.3 is 10.1 Å². The first-order valence-electron chi connectivity index (χ1n) is 9.32. The van der Waals surface area contributed by atoms with Crippen molar-refractivity contribution in [2.75, 3.05) is 22.5 Å². The number of sulfonamides is 1. The first-order valence-corrected chi connectivity index (χ1v) is 11.2. The minimum absolute atomic E-state index is 0.00987. The number of benzene rings is 3. The Bertz CT molecular complexity index is 1200. The van der Waals surface area contributed by atoms with Gasteiger partial charge in [0.25, 0.3) is 5.91 Å². The molecule has 168 valence electrons. The van der Waals surface area contributed by atoms with Crippen LogP contribution in [0.5, 0.6) is 5.75 Å². The highest BCUT2D eigenvalue weighted by molar-refractivity contribution is 7.92. The molecule has 0 radical (unpaired) electrons. The number of nitrogens with zero attached hydrogens (tertiary/aromatic N) is 1. The molecule has 0 atom stereocenters. The van der Waals surface area contributed by atoms with E-state index in [2.05, 4.69) is 5.32 Å². The van der Waals surface area contributed by atoms with Crippen LogP contribution in [0.25, 0.3) is 0 Å². The average molecular weight is 464 g/mol. The molecule has 10 heteroatoms. The molecule has 3 aromatic carbocycles. The molecule has 0 aliphatic heterocycles. The van der Waals surface area contributed by atoms with Gasteiger partial charge in [-0.25, -0.2) is 21.6 Å². The molecule has 0 saturated carbocycles. The summed E-state index contributed by atoms with van der Waals surface area (Å²) in [4.78, 5) is 11.9. The monoisotopic (exact) mass is 464 g/mol. The first-order chi connectivity index (χ1) is 15.1. The summed E-state index contributed by atoms with van der Waals surface area (Å²) in [5.41, 5.74) is 1.04. The number of hydrogen-bond donors (Lipinski definition) is 1. The largest absolute Gasteiger partial charge is 0.484 e. The van der Waals surface area contributed by atoms with Crippen molar-refractivity contribution in [2.45, 2.75) is 6.54 Å². The Hall–Kier alpha value is -3.53. The summed E-state index contributed by atoms with van der Waals surface area (Å²) in [6, 6.07) is 14.4. The van der Waals surface area contributed by atoms with Crippen LogP contribution >= 0.6 is 0 Å². The van der Waals surface area contributed by atoms with Crippen molar-refractivity contribution in [1.29, 1.82) is 0 Å². The fourth-order valence-electron chi connectivity index (χ4n) is 2.78. The van der Waals surface area contributed by atoms with Gasteiger partial charge in [-0.2, -0.15) is 0 Å². The van der Waals surface area contributed by atoms with Gasteiger partial charge >= 0.3 is 0 Å². The zero-order chi connectivity index (χ0) is 23.3. The highest BCUT2D eigenvalue weighted by atomic mass is 32.2. The van der Waals surface area contributed by atoms with Crippen LogP contribution in [-0.2, 0) is 21.4 Å². The minimum atomic E-state index is -3.63. The van der Waals surface area contributed by atoms with Gasteiger partial charge in [0.2, 0.25) is 10.0 Å². The molecule has 0 aliphatic carbocycles. The molecule has 6 nitrogen and oxygen atoms in total. The number of nitrogens with one attached hydrogen (secondary N) is 1. The van der Waals surface area contributed by atoms with E-state index in [1.165, 1.54) is 54.6 Å². The van der Waals surface area contributed by atoms with Gasteiger partial charge in [0.05, 0.1) is 18.5 Å². The molecule has 1 amide bonds. The standard InChI is InChI=1S/C22H19F3N2O4S/c1-32(29,30)27(13-15-2-4-16(23)5-3-15)18-7-9-19(10-8-18)31-14-22(28)26-17-6-11-20(24)21(25)12-17/h2-12H,13-14H2,1H3,(H,26,28). The lowest BCUT2D eigenvalue weighted by Crippen LogP contribution is -2.29. The van der Waals surface area contributed by atoms with Crippen molar-refractivity contribution in [3.63, 3.8) is 0 Å². The molecule has 32 heavy (non-hydrogen) atoms. The van der Waals surface area contributed by atoms with Gasteiger partial charge in [-0.1, -0.05) is 12.1 Å². The van der Waals surface area contributed by atoms with Crippen molar-refractivity contribution < 1.29 is 31.1 Å². The van der Waals surface area contributed by atoms with Crippen LogP contribution in [0.2, 0.25) is 0 Å². The summed E-state index contributed by atoms with van der Waals surface area (Å²) < 4.78 is 70.2. The highest BCUT2D eigenvalue weighted by Gasteiger charge is 2.18. The van der Waals surface area contributed by atoms with Gasteiger partial charge in [0.1, 0.15) is 11.6 Å². The maximum atomic E-state index is 13.2. The molecule has 0 aliphatic rings. The average Bonchev–Trinajstić information content (AvgIpc) is 2.74. The van der Waals surface area contributed by atoms with Crippen LogP contribution in [0.4, 0.5) is 24.5 Å². The molecule has 1 N–H and O–H groups in total. The first kappa shape index (κ1) is 23.1. The molecular weight excluding hydrogens is 445 g/mol. The lowest BCUT2D eigenvalue weighted by Gasteiger charge is -2.22. The Morgan fingerprint density at radius 3 is 2.19 bits per heavy atom. The van der Waals surface area contributed by atoms with Crippen molar-refractivity contribution >= 4 is 27.3 Å². The summed E-state index contributed by atoms with van der Waals surface area (Å²) in [6.07, 6.45) is 1.06. The topological polar surface area (TPSA) is 75.7 Å². The fraction of sp³-hybridized carbons (Fsp3) is 0.136. The second-order valence-corrected chi connectivity index (χ2v) is 8.76. The number of halogens is 3. The summed E-state index contributed by atoms with van der Waals surface area (Å²) in [6.45, 7) is -0.389. The van der Waals surface area contributed by atoms with Crippen LogP contribution in [0, 0.1) is 17.5 Å². The summed E-state index contributed by atoms with van der Waals surface area (Å²) in [5, 5.41) is 2.38. The Morgan fingerprint density at radius 1 is 0.938 bits per heavy atom. The second kappa shape index (κ2) is 9.73. The Kier molecular flexibility index (Phi) is 7.04. The van der Waals surface area contributed by atoms with E-state index in [4.69, 9.17) is 4.74 Å². The summed E-state index contributed by atoms with van der Waals surface area (Å²) in [7, 11) is -3.63. The van der Waals surface area contributed by atoms with Crippen LogP contribution in [0.1, 0.15) is 5.56 Å². The fourth-order valence-corrected chi connectivity index (χ4v) is 3.67. The molecule has 0 bridgehead atoms. The van der Waals surface area contributed by atoms with Gasteiger partial charge in [-0.05, 0) is 54.1 Å². The molecule has 0 unspecified atom stereocenters. The SMILES string of the molecule is CS(=O)(=O)N(Cc1ccc(F)cc1)c1ccc(OCC(=O)Nc2ccc(F)c(F)c2)cc1. The summed E-state index contributed by atoms with van der Waals surface area (Å²) >= 11 is 0. The van der Waals surface area contributed by atoms with Gasteiger partial charge in [0.15, 0.2) is 18.2 Å². The Labute approximate surface area is 183 Å². The number of hydrogen-bond acceptors (Lipinski definition) is 4. The number of anilines is 2. The number of carbonyl (C=O) groups is 1. The minimum Gasteiger partial charge on any atom is -0.484 e. The van der Waals surface area contributed by atoms with Crippen molar-refractivity contribution in [1.82, 2.24) is 0 Å². The van der Waals surface area contributed by atoms with Crippen molar-refractivity contribution in [3.05, 3.63) is 89.7 Å². The van der Waals surface area contributed by atoms with Gasteiger partial charge in [-0.15, -0.1) is 0 Å². The van der Waals surface area contributed by atoms with E-state index in [1.54, 1.807) is 0 Å². The van der Waals surface area contributed by atoms with Crippen molar-refractivity contribution in [3.8, 4) is 5.75 Å². The maximum Gasteiger partial charge on any atom is 0.262 e. The third kappa shape index (κ3) is 6.24. The van der Waals surface area contributed by atoms with E-state index < -0.39 is 40.0 Å².